The molecule has 0 fully saturated rings. The second-order valence-electron chi connectivity index (χ2n) is 1.12. The molecular formula is C4H10INS2. The molecule has 2 N–H and O–H groups in total. The molecule has 0 unspecified atom stereocenters. The maximum absolute atomic E-state index is 5.27. The first-order chi connectivity index (χ1) is 3.91. The van der Waals surface area contributed by atoms with Gasteiger partial charge in [0.2, 0.25) is 0 Å². The van der Waals surface area contributed by atoms with Gasteiger partial charge in [-0.05, 0) is 0 Å². The Hall–Kier alpha value is 1.39. The van der Waals surface area contributed by atoms with Crippen LogP contribution in [0.25, 0.3) is 0 Å². The summed E-state index contributed by atoms with van der Waals surface area (Å²) in [5.41, 5.74) is 5.27. The van der Waals surface area contributed by atoms with Gasteiger partial charge >= 0.3 is 0 Å². The number of hydrogen-bond donors (Lipinski definition) is 1. The molecular weight excluding hydrogens is 253 g/mol. The third-order valence-corrected chi connectivity index (χ3v) is 4.16. The molecule has 1 nitrogen and oxygen atoms in total. The van der Waals surface area contributed by atoms with Crippen molar-refractivity contribution in [1.82, 2.24) is 0 Å². The minimum atomic E-state index is 0.804. The zero-order chi connectivity index (χ0) is 6.24. The van der Waals surface area contributed by atoms with E-state index in [2.05, 4.69) is 22.6 Å². The van der Waals surface area contributed by atoms with Gasteiger partial charge in [-0.15, -0.1) is 0 Å². The van der Waals surface area contributed by atoms with Crippen molar-refractivity contribution in [3.05, 3.63) is 0 Å². The Balaban J connectivity index is 2.53. The normalized spacial score (nSPS) is 9.75. The van der Waals surface area contributed by atoms with Gasteiger partial charge < -0.3 is 5.73 Å². The molecule has 0 atom stereocenters. The predicted octanol–water partition coefficient (Wildman–Crippen LogP) is 1.76. The first-order valence-electron chi connectivity index (χ1n) is 2.42. The molecule has 8 heavy (non-hydrogen) atoms. The van der Waals surface area contributed by atoms with Crippen LogP contribution in [0.2, 0.25) is 0 Å². The molecule has 0 rings (SSSR count). The van der Waals surface area contributed by atoms with E-state index in [1.807, 2.05) is 21.6 Å². The van der Waals surface area contributed by atoms with E-state index in [0.29, 0.717) is 0 Å². The number of nitrogens with two attached hydrogens (primary N) is 1. The second kappa shape index (κ2) is 8.39. The molecule has 0 saturated heterocycles. The lowest BCUT2D eigenvalue weighted by atomic mass is 10.8. The summed E-state index contributed by atoms with van der Waals surface area (Å²) in [6, 6.07) is 0. The Labute approximate surface area is 72.1 Å². The smallest absolute Gasteiger partial charge is 0.0160 e. The molecule has 0 amide bonds. The van der Waals surface area contributed by atoms with Crippen molar-refractivity contribution in [1.29, 1.82) is 0 Å². The van der Waals surface area contributed by atoms with Gasteiger partial charge in [0.15, 0.2) is 0 Å². The Kier molecular flexibility index (Phi) is 9.85. The van der Waals surface area contributed by atoms with Crippen LogP contribution >= 0.6 is 44.2 Å². The molecule has 4 heteroatoms. The van der Waals surface area contributed by atoms with Crippen molar-refractivity contribution in [2.24, 2.45) is 5.73 Å². The summed E-state index contributed by atoms with van der Waals surface area (Å²) in [4.78, 5) is 0. The fraction of sp³-hybridized carbons (Fsp3) is 1.00. The minimum absolute atomic E-state index is 0.804. The zero-order valence-corrected chi connectivity index (χ0v) is 8.39. The van der Waals surface area contributed by atoms with E-state index in [1.54, 1.807) is 0 Å². The van der Waals surface area contributed by atoms with Crippen LogP contribution in [0, 0.1) is 0 Å². The van der Waals surface area contributed by atoms with Crippen molar-refractivity contribution in [3.8, 4) is 0 Å². The maximum Gasteiger partial charge on any atom is 0.0160 e. The van der Waals surface area contributed by atoms with E-state index >= 15 is 0 Å². The molecule has 0 aliphatic rings. The Morgan fingerprint density at radius 1 is 1.25 bits per heavy atom. The van der Waals surface area contributed by atoms with Crippen LogP contribution in [0.4, 0.5) is 0 Å². The Bertz CT molecular complexity index is 39.0. The number of alkyl halides is 1. The van der Waals surface area contributed by atoms with Crippen LogP contribution < -0.4 is 5.73 Å². The van der Waals surface area contributed by atoms with Gasteiger partial charge in [-0.2, -0.15) is 0 Å². The van der Waals surface area contributed by atoms with Crippen LogP contribution in [-0.2, 0) is 0 Å². The van der Waals surface area contributed by atoms with E-state index in [4.69, 9.17) is 5.73 Å². The summed E-state index contributed by atoms with van der Waals surface area (Å²) < 4.78 is 1.24. The molecule has 0 saturated carbocycles. The average Bonchev–Trinajstić information content (AvgIpc) is 1.81. The summed E-state index contributed by atoms with van der Waals surface area (Å²) in [5, 5.41) is 0. The number of halogens is 1. The molecule has 0 aliphatic carbocycles. The van der Waals surface area contributed by atoms with Crippen molar-refractivity contribution in [3.63, 3.8) is 0 Å². The molecule has 0 radical (unpaired) electrons. The summed E-state index contributed by atoms with van der Waals surface area (Å²) in [6.07, 6.45) is 0. The van der Waals surface area contributed by atoms with Gasteiger partial charge in [0.05, 0.1) is 0 Å². The van der Waals surface area contributed by atoms with Gasteiger partial charge in [-0.3, -0.25) is 0 Å². The summed E-state index contributed by atoms with van der Waals surface area (Å²) in [6.45, 7) is 0.804. The molecule has 0 bridgehead atoms. The minimum Gasteiger partial charge on any atom is -0.330 e. The first-order valence-corrected chi connectivity index (χ1v) is 6.43. The van der Waals surface area contributed by atoms with Gasteiger partial charge in [0, 0.05) is 22.5 Å². The van der Waals surface area contributed by atoms with Crippen LogP contribution in [0.1, 0.15) is 0 Å². The maximum atomic E-state index is 5.27. The fourth-order valence-electron chi connectivity index (χ4n) is 0.197. The third kappa shape index (κ3) is 7.39. The third-order valence-electron chi connectivity index (χ3n) is 0.445. The molecule has 0 aliphatic heterocycles. The lowest BCUT2D eigenvalue weighted by Crippen LogP contribution is -1.99. The first kappa shape index (κ1) is 9.39. The highest BCUT2D eigenvalue weighted by atomic mass is 127. The lowest BCUT2D eigenvalue weighted by molar-refractivity contribution is 1.16. The monoisotopic (exact) mass is 263 g/mol. The average molecular weight is 263 g/mol. The number of hydrogen-bond acceptors (Lipinski definition) is 3. The van der Waals surface area contributed by atoms with Gasteiger partial charge in [-0.25, -0.2) is 0 Å². The van der Waals surface area contributed by atoms with Gasteiger partial charge in [-0.1, -0.05) is 44.2 Å². The van der Waals surface area contributed by atoms with E-state index in [-0.39, 0.29) is 0 Å². The molecule has 50 valence electrons. The predicted molar refractivity (Wildman–Crippen MR) is 52.9 cm³/mol. The van der Waals surface area contributed by atoms with E-state index in [1.165, 1.54) is 10.2 Å². The summed E-state index contributed by atoms with van der Waals surface area (Å²) in [5.74, 6) is 2.33. The van der Waals surface area contributed by atoms with Crippen LogP contribution in [0.15, 0.2) is 0 Å². The van der Waals surface area contributed by atoms with Crippen molar-refractivity contribution >= 4 is 44.2 Å². The molecule has 0 aromatic carbocycles. The van der Waals surface area contributed by atoms with Gasteiger partial charge in [0.25, 0.3) is 0 Å². The molecule has 0 spiro atoms. The number of rotatable bonds is 5. The lowest BCUT2D eigenvalue weighted by Gasteiger charge is -1.93. The van der Waals surface area contributed by atoms with Crippen molar-refractivity contribution < 1.29 is 0 Å². The Morgan fingerprint density at radius 2 is 1.88 bits per heavy atom. The highest BCUT2D eigenvalue weighted by Gasteiger charge is 1.84. The fourth-order valence-corrected chi connectivity index (χ4v) is 3.40. The summed E-state index contributed by atoms with van der Waals surface area (Å²) in [7, 11) is 3.77. The quantitative estimate of drug-likeness (QED) is 0.354. The topological polar surface area (TPSA) is 26.0 Å². The van der Waals surface area contributed by atoms with Gasteiger partial charge in [0.1, 0.15) is 0 Å². The second-order valence-corrected chi connectivity index (χ2v) is 4.90. The van der Waals surface area contributed by atoms with Crippen LogP contribution in [0.3, 0.4) is 0 Å². The SMILES string of the molecule is NCCSSCCI. The molecule has 0 aromatic heterocycles. The Morgan fingerprint density at radius 3 is 2.38 bits per heavy atom. The van der Waals surface area contributed by atoms with Crippen molar-refractivity contribution in [2.45, 2.75) is 0 Å². The van der Waals surface area contributed by atoms with Crippen LogP contribution in [-0.4, -0.2) is 22.5 Å². The summed E-state index contributed by atoms with van der Waals surface area (Å²) >= 11 is 2.37. The van der Waals surface area contributed by atoms with Crippen molar-refractivity contribution in [2.75, 3.05) is 22.5 Å². The van der Waals surface area contributed by atoms with E-state index in [0.717, 1.165) is 12.3 Å². The van der Waals surface area contributed by atoms with E-state index in [9.17, 15) is 0 Å². The highest BCUT2D eigenvalue weighted by Crippen LogP contribution is 2.19. The largest absolute Gasteiger partial charge is 0.330 e. The van der Waals surface area contributed by atoms with E-state index < -0.39 is 0 Å². The van der Waals surface area contributed by atoms with Crippen LogP contribution in [0.5, 0.6) is 0 Å². The zero-order valence-electron chi connectivity index (χ0n) is 4.60. The molecule has 0 heterocycles. The highest BCUT2D eigenvalue weighted by molar-refractivity contribution is 14.1. The standard InChI is InChI=1S/C4H10INS2/c5-1-3-7-8-4-2-6/h1-4,6H2. The molecule has 0 aromatic rings.